The third-order valence-electron chi connectivity index (χ3n) is 20.0. The molecule has 0 unspecified atom stereocenters. The number of ether oxygens (including phenoxy) is 28. The summed E-state index contributed by atoms with van der Waals surface area (Å²) in [4.78, 5) is 0. The van der Waals surface area contributed by atoms with E-state index in [2.05, 4.69) is 24.3 Å². The normalized spacial score (nSPS) is 25.3. The van der Waals surface area contributed by atoms with Crippen molar-refractivity contribution in [2.24, 2.45) is 0 Å². The summed E-state index contributed by atoms with van der Waals surface area (Å²) in [6.45, 7) is 17.6. The second-order valence-electron chi connectivity index (χ2n) is 29.5. The predicted molar refractivity (Wildman–Crippen MR) is 471 cm³/mol. The van der Waals surface area contributed by atoms with Gasteiger partial charge in [-0.2, -0.15) is 0 Å². The van der Waals surface area contributed by atoms with E-state index in [1.807, 2.05) is 182 Å². The molecule has 2 saturated heterocycles. The molecule has 0 aliphatic carbocycles. The first-order valence-corrected chi connectivity index (χ1v) is 44.8. The Morgan fingerprint density at radius 3 is 0.643 bits per heavy atom. The lowest BCUT2D eigenvalue weighted by atomic mass is 9.92. The van der Waals surface area contributed by atoms with Gasteiger partial charge in [0.2, 0.25) is 0 Å². The van der Waals surface area contributed by atoms with Crippen LogP contribution in [0.25, 0.3) is 0 Å². The van der Waals surface area contributed by atoms with Gasteiger partial charge in [-0.25, -0.2) is 0 Å². The van der Waals surface area contributed by atoms with Crippen LogP contribution in [0.2, 0.25) is 0 Å². The topological polar surface area (TPSA) is 258 Å². The number of rotatable bonds is 22. The van der Waals surface area contributed by atoms with E-state index in [-0.39, 0.29) is 26.4 Å². The van der Waals surface area contributed by atoms with Crippen LogP contribution in [0, 0.1) is 0 Å². The highest BCUT2D eigenvalue weighted by molar-refractivity contribution is 5.18. The Balaban J connectivity index is 0.706. The maximum atomic E-state index is 7.01. The third kappa shape index (κ3) is 47.5. The molecule has 0 N–H and O–H groups in total. The molecule has 0 radical (unpaired) electrons. The smallest absolute Gasteiger partial charge is 0.115 e. The molecular formula is C98H140O28. The highest BCUT2D eigenvalue weighted by atomic mass is 16.7. The van der Waals surface area contributed by atoms with Crippen molar-refractivity contribution in [2.75, 3.05) is 264 Å². The van der Waals surface area contributed by atoms with E-state index in [0.717, 1.165) is 33.4 Å². The van der Waals surface area contributed by atoms with E-state index in [9.17, 15) is 0 Å². The Kier molecular flexibility index (Phi) is 58.6. The molecule has 28 heteroatoms. The molecule has 0 aromatic heterocycles. The van der Waals surface area contributed by atoms with E-state index in [1.165, 1.54) is 0 Å². The molecule has 700 valence electrons. The molecule has 2 fully saturated rings. The maximum absolute atomic E-state index is 7.01. The predicted octanol–water partition coefficient (Wildman–Crippen LogP) is 11.3. The highest BCUT2D eigenvalue weighted by Crippen LogP contribution is 2.34. The van der Waals surface area contributed by atoms with Gasteiger partial charge in [-0.1, -0.05) is 206 Å². The second kappa shape index (κ2) is 71.4. The third-order valence-corrected chi connectivity index (χ3v) is 20.0. The summed E-state index contributed by atoms with van der Waals surface area (Å²) in [6.07, 6.45) is 3.38. The molecule has 3 aliphatic heterocycles. The molecule has 126 heavy (non-hydrogen) atoms. The van der Waals surface area contributed by atoms with Crippen LogP contribution in [0.15, 0.2) is 206 Å². The molecule has 0 spiro atoms. The fourth-order valence-electron chi connectivity index (χ4n) is 13.5. The summed E-state index contributed by atoms with van der Waals surface area (Å²) < 4.78 is 173. The lowest BCUT2D eigenvalue weighted by Crippen LogP contribution is -2.61. The monoisotopic (exact) mass is 1760 g/mol. The van der Waals surface area contributed by atoms with Gasteiger partial charge in [0.05, 0.1) is 303 Å². The molecule has 0 bridgehead atoms. The lowest BCUT2D eigenvalue weighted by Gasteiger charge is -2.46. The van der Waals surface area contributed by atoms with Crippen LogP contribution in [0.4, 0.5) is 0 Å². The summed E-state index contributed by atoms with van der Waals surface area (Å²) in [5, 5.41) is 0. The molecule has 28 nitrogen and oxygen atoms in total. The minimum absolute atomic E-state index is 0.207. The van der Waals surface area contributed by atoms with Crippen LogP contribution in [0.1, 0.15) is 46.2 Å². The summed E-state index contributed by atoms with van der Waals surface area (Å²) in [7, 11) is 0. The lowest BCUT2D eigenvalue weighted by molar-refractivity contribution is -0.273. The molecule has 3 heterocycles. The van der Waals surface area contributed by atoms with Gasteiger partial charge < -0.3 is 133 Å². The van der Waals surface area contributed by atoms with Gasteiger partial charge in [-0.05, 0) is 46.2 Å². The second-order valence-corrected chi connectivity index (χ2v) is 29.5. The van der Waals surface area contributed by atoms with E-state index in [0.29, 0.717) is 290 Å². The van der Waals surface area contributed by atoms with Crippen molar-refractivity contribution in [2.45, 2.75) is 114 Å². The van der Waals surface area contributed by atoms with E-state index >= 15 is 0 Å². The Bertz CT molecular complexity index is 3270. The van der Waals surface area contributed by atoms with Crippen LogP contribution in [-0.2, 0) is 172 Å². The quantitative estimate of drug-likeness (QED) is 0.0452. The Hall–Kier alpha value is -6.32. The molecular weight excluding hydrogens is 1630 g/mol. The zero-order chi connectivity index (χ0) is 87.0. The average Bonchev–Trinajstić information content (AvgIpc) is 0.793. The summed E-state index contributed by atoms with van der Waals surface area (Å²) in [5.41, 5.74) is 6.25. The van der Waals surface area contributed by atoms with Crippen molar-refractivity contribution in [3.8, 4) is 0 Å². The number of hydrogen-bond donors (Lipinski definition) is 0. The van der Waals surface area contributed by atoms with E-state index < -0.39 is 61.0 Å². The largest absolute Gasteiger partial charge is 0.377 e. The molecule has 6 aromatic carbocycles. The van der Waals surface area contributed by atoms with Crippen LogP contribution in [-0.4, -0.2) is 325 Å². The maximum Gasteiger partial charge on any atom is 0.115 e. The number of benzene rings is 6. The average molecular weight is 1770 g/mol. The number of fused-ring (bicyclic) bond motifs is 2. The van der Waals surface area contributed by atoms with Gasteiger partial charge in [0.15, 0.2) is 0 Å². The molecule has 0 amide bonds. The minimum atomic E-state index is -0.606. The van der Waals surface area contributed by atoms with Gasteiger partial charge in [-0.15, -0.1) is 0 Å². The van der Waals surface area contributed by atoms with E-state index in [4.69, 9.17) is 133 Å². The Labute approximate surface area is 746 Å². The molecule has 10 atom stereocenters. The highest BCUT2D eigenvalue weighted by Gasteiger charge is 2.50. The first kappa shape index (κ1) is 103. The first-order chi connectivity index (χ1) is 62.7. The summed E-state index contributed by atoms with van der Waals surface area (Å²) in [6, 6.07) is 60.6. The van der Waals surface area contributed by atoms with Gasteiger partial charge >= 0.3 is 0 Å². The van der Waals surface area contributed by atoms with Gasteiger partial charge in [0.1, 0.15) is 48.8 Å². The fourth-order valence-corrected chi connectivity index (χ4v) is 13.5. The standard InChI is InChI=1S/C98H140O28/c1-7-23-83(24-8-1)75-115-41-35-89-93(121-77-85-27-11-3-12-28-85)97(123-79-87-31-15-5-16-32-87)95-91(125-89)81-117-69-67-111-61-59-107-55-51-103-47-43-99-37-19-20-38-100-44-48-104-52-56-108-60-62-112-68-70-118-82-92-96(120-74-72-114-66-64-110-58-54-106-50-46-102-40-22-21-39-101-45-49-105-53-57-109-63-65-113-71-73-119-95)98(124-80-88-33-17-6-18-34-88)94(122-78-86-29-13-4-14-30-86)90(126-92)36-42-116-76-84-25-9-2-10-26-84/h1-34,89-98H,35-82H2/b20-19+,22-21+/t89-,90-,91-,92-,93-,94-,95-,96-,97-,98-/m1/s1. The summed E-state index contributed by atoms with van der Waals surface area (Å²) >= 11 is 0. The van der Waals surface area contributed by atoms with Crippen LogP contribution >= 0.6 is 0 Å². The molecule has 3 aliphatic rings. The zero-order valence-corrected chi connectivity index (χ0v) is 73.8. The van der Waals surface area contributed by atoms with Crippen LogP contribution in [0.3, 0.4) is 0 Å². The fraction of sp³-hybridized carbons (Fsp3) is 0.592. The Morgan fingerprint density at radius 2 is 0.405 bits per heavy atom. The summed E-state index contributed by atoms with van der Waals surface area (Å²) in [5.74, 6) is 0. The molecule has 9 rings (SSSR count). The van der Waals surface area contributed by atoms with E-state index in [1.54, 1.807) is 0 Å². The van der Waals surface area contributed by atoms with Crippen molar-refractivity contribution in [3.05, 3.63) is 240 Å². The van der Waals surface area contributed by atoms with Gasteiger partial charge in [0, 0.05) is 13.2 Å². The first-order valence-electron chi connectivity index (χ1n) is 44.8. The van der Waals surface area contributed by atoms with Gasteiger partial charge in [0.25, 0.3) is 0 Å². The van der Waals surface area contributed by atoms with Crippen molar-refractivity contribution in [1.82, 2.24) is 0 Å². The van der Waals surface area contributed by atoms with Crippen molar-refractivity contribution in [3.63, 3.8) is 0 Å². The van der Waals surface area contributed by atoms with Crippen molar-refractivity contribution in [1.29, 1.82) is 0 Å². The van der Waals surface area contributed by atoms with Crippen molar-refractivity contribution >= 4 is 0 Å². The number of hydrogen-bond acceptors (Lipinski definition) is 28. The minimum Gasteiger partial charge on any atom is -0.377 e. The van der Waals surface area contributed by atoms with Crippen LogP contribution < -0.4 is 0 Å². The SMILES string of the molecule is C1=C/COCCOCCOCCOCCOC[C@H]2O[C@H](CCOCc3ccccc3)[C@@H](OCc3ccccc3)[C@@H](OCc3ccccc3)[C@@H]2OCCOCCOCCOCCOC/C=C/COCCOCCOCCOCCO[C@H]2[C@H](OCc3ccccc3)[C@H](OCc3ccccc3)[C@@H](CCOCc3ccccc3)O[C@@H]2COCCOCCOCCOCCOC/1. The Morgan fingerprint density at radius 1 is 0.206 bits per heavy atom. The molecule has 0 saturated carbocycles. The zero-order valence-electron chi connectivity index (χ0n) is 73.8. The van der Waals surface area contributed by atoms with Crippen molar-refractivity contribution < 1.29 is 133 Å². The molecule has 6 aromatic rings. The van der Waals surface area contributed by atoms with Crippen LogP contribution in [0.5, 0.6) is 0 Å². The van der Waals surface area contributed by atoms with Gasteiger partial charge in [-0.3, -0.25) is 0 Å².